The van der Waals surface area contributed by atoms with Crippen LogP contribution in [0, 0.1) is 6.92 Å². The zero-order chi connectivity index (χ0) is 20.7. The fourth-order valence-corrected chi connectivity index (χ4v) is 5.06. The number of benzene rings is 2. The van der Waals surface area contributed by atoms with Crippen LogP contribution in [0.1, 0.15) is 58.9 Å². The lowest BCUT2D eigenvalue weighted by molar-refractivity contribution is -0.132. The van der Waals surface area contributed by atoms with Crippen molar-refractivity contribution in [1.29, 1.82) is 0 Å². The highest BCUT2D eigenvalue weighted by Gasteiger charge is 2.40. The van der Waals surface area contributed by atoms with Crippen molar-refractivity contribution < 1.29 is 9.59 Å². The molecular formula is C25H27N3O2. The Morgan fingerprint density at radius 2 is 1.70 bits per heavy atom. The Labute approximate surface area is 176 Å². The third-order valence-electron chi connectivity index (χ3n) is 6.54. The van der Waals surface area contributed by atoms with Crippen molar-refractivity contribution >= 4 is 22.7 Å². The third kappa shape index (κ3) is 3.09. The maximum Gasteiger partial charge on any atom is 0.255 e. The number of aromatic amines is 1. The summed E-state index contributed by atoms with van der Waals surface area (Å²) in [4.78, 5) is 33.8. The zero-order valence-corrected chi connectivity index (χ0v) is 17.4. The first-order valence-electron chi connectivity index (χ1n) is 10.9. The van der Waals surface area contributed by atoms with Gasteiger partial charge in [-0.1, -0.05) is 49.2 Å². The Balaban J connectivity index is 1.56. The summed E-state index contributed by atoms with van der Waals surface area (Å²) in [6.45, 7) is 3.77. The van der Waals surface area contributed by atoms with Crippen molar-refractivity contribution in [2.45, 2.75) is 38.6 Å². The van der Waals surface area contributed by atoms with Crippen molar-refractivity contribution in [3.05, 3.63) is 70.9 Å². The molecule has 0 bridgehead atoms. The molecule has 1 atom stereocenters. The van der Waals surface area contributed by atoms with Crippen LogP contribution in [0.5, 0.6) is 0 Å². The van der Waals surface area contributed by atoms with E-state index in [0.29, 0.717) is 5.56 Å². The fourth-order valence-electron chi connectivity index (χ4n) is 5.06. The summed E-state index contributed by atoms with van der Waals surface area (Å²) in [5, 5.41) is 1.11. The van der Waals surface area contributed by atoms with Gasteiger partial charge in [-0.15, -0.1) is 0 Å². The van der Waals surface area contributed by atoms with Gasteiger partial charge in [-0.2, -0.15) is 0 Å². The van der Waals surface area contributed by atoms with Gasteiger partial charge in [-0.25, -0.2) is 0 Å². The first-order valence-corrected chi connectivity index (χ1v) is 10.9. The van der Waals surface area contributed by atoms with Crippen LogP contribution in [-0.2, 0) is 4.79 Å². The van der Waals surface area contributed by atoms with E-state index in [1.54, 1.807) is 4.90 Å². The molecule has 0 aliphatic carbocycles. The maximum absolute atomic E-state index is 13.4. The number of aryl methyl sites for hydroxylation is 1. The predicted molar refractivity (Wildman–Crippen MR) is 117 cm³/mol. The summed E-state index contributed by atoms with van der Waals surface area (Å²) in [7, 11) is 0. The molecule has 1 N–H and O–H groups in total. The molecule has 0 unspecified atom stereocenters. The number of likely N-dealkylation sites (tertiary alicyclic amines) is 1. The van der Waals surface area contributed by atoms with E-state index < -0.39 is 0 Å². The molecule has 5 nitrogen and oxygen atoms in total. The van der Waals surface area contributed by atoms with Crippen LogP contribution >= 0.6 is 0 Å². The number of rotatable bonds is 3. The number of H-pyrrole nitrogens is 1. The zero-order valence-electron chi connectivity index (χ0n) is 17.4. The molecule has 30 heavy (non-hydrogen) atoms. The summed E-state index contributed by atoms with van der Waals surface area (Å²) >= 11 is 0. The highest BCUT2D eigenvalue weighted by Crippen LogP contribution is 2.42. The van der Waals surface area contributed by atoms with E-state index in [9.17, 15) is 9.59 Å². The Kier molecular flexibility index (Phi) is 4.81. The number of carbonyl (C=O) groups excluding carboxylic acids is 2. The third-order valence-corrected chi connectivity index (χ3v) is 6.54. The predicted octanol–water partition coefficient (Wildman–Crippen LogP) is 4.42. The van der Waals surface area contributed by atoms with Gasteiger partial charge in [-0.05, 0) is 37.5 Å². The molecule has 3 heterocycles. The average Bonchev–Trinajstić information content (AvgIpc) is 3.06. The molecule has 5 rings (SSSR count). The largest absolute Gasteiger partial charge is 0.358 e. The lowest BCUT2D eigenvalue weighted by Gasteiger charge is -2.29. The quantitative estimate of drug-likeness (QED) is 0.706. The minimum absolute atomic E-state index is 0.0524. The van der Waals surface area contributed by atoms with Gasteiger partial charge >= 0.3 is 0 Å². The molecule has 0 spiro atoms. The lowest BCUT2D eigenvalue weighted by atomic mass is 9.95. The van der Waals surface area contributed by atoms with E-state index in [2.05, 4.69) is 24.0 Å². The highest BCUT2D eigenvalue weighted by molar-refractivity contribution is 6.02. The first-order chi connectivity index (χ1) is 14.6. The van der Waals surface area contributed by atoms with Crippen LogP contribution in [0.4, 0.5) is 0 Å². The van der Waals surface area contributed by atoms with E-state index in [4.69, 9.17) is 0 Å². The van der Waals surface area contributed by atoms with Crippen LogP contribution in [0.2, 0.25) is 0 Å². The van der Waals surface area contributed by atoms with Gasteiger partial charge < -0.3 is 14.8 Å². The van der Waals surface area contributed by atoms with E-state index in [1.165, 1.54) is 12.8 Å². The second-order valence-corrected chi connectivity index (χ2v) is 8.43. The van der Waals surface area contributed by atoms with Crippen LogP contribution in [-0.4, -0.2) is 46.2 Å². The SMILES string of the molecule is Cc1[nH]c2ccccc2c1[C@H]1c2ccccc2C(=O)N1CC(=O)N1CCCCCC1. The molecule has 1 aromatic heterocycles. The van der Waals surface area contributed by atoms with Crippen LogP contribution in [0.15, 0.2) is 48.5 Å². The Morgan fingerprint density at radius 1 is 1.00 bits per heavy atom. The molecule has 2 aliphatic rings. The number of hydrogen-bond acceptors (Lipinski definition) is 2. The van der Waals surface area contributed by atoms with Gasteiger partial charge in [0.05, 0.1) is 6.04 Å². The summed E-state index contributed by atoms with van der Waals surface area (Å²) in [5.41, 5.74) is 4.88. The second-order valence-electron chi connectivity index (χ2n) is 8.43. The van der Waals surface area contributed by atoms with E-state index in [0.717, 1.165) is 53.7 Å². The number of fused-ring (bicyclic) bond motifs is 2. The molecule has 5 heteroatoms. The fraction of sp³-hybridized carbons (Fsp3) is 0.360. The summed E-state index contributed by atoms with van der Waals surface area (Å²) in [5.74, 6) is 0.00371. The number of nitrogens with zero attached hydrogens (tertiary/aromatic N) is 2. The summed E-state index contributed by atoms with van der Waals surface area (Å²) in [6.07, 6.45) is 4.44. The topological polar surface area (TPSA) is 56.4 Å². The smallest absolute Gasteiger partial charge is 0.255 e. The lowest BCUT2D eigenvalue weighted by Crippen LogP contribution is -2.42. The van der Waals surface area contributed by atoms with Crippen molar-refractivity contribution in [3.8, 4) is 0 Å². The van der Waals surface area contributed by atoms with E-state index in [-0.39, 0.29) is 24.4 Å². The summed E-state index contributed by atoms with van der Waals surface area (Å²) < 4.78 is 0. The molecular weight excluding hydrogens is 374 g/mol. The Morgan fingerprint density at radius 3 is 2.50 bits per heavy atom. The molecule has 2 aromatic carbocycles. The summed E-state index contributed by atoms with van der Waals surface area (Å²) in [6, 6.07) is 15.7. The van der Waals surface area contributed by atoms with E-state index >= 15 is 0 Å². The van der Waals surface area contributed by atoms with Crippen molar-refractivity contribution in [3.63, 3.8) is 0 Å². The molecule has 3 aromatic rings. The number of carbonyl (C=O) groups is 2. The van der Waals surface area contributed by atoms with Gasteiger partial charge in [0.2, 0.25) is 5.91 Å². The molecule has 1 fully saturated rings. The minimum atomic E-state index is -0.249. The van der Waals surface area contributed by atoms with Crippen molar-refractivity contribution in [1.82, 2.24) is 14.8 Å². The van der Waals surface area contributed by atoms with Gasteiger partial charge in [0, 0.05) is 40.8 Å². The molecule has 2 amide bonds. The number of hydrogen-bond donors (Lipinski definition) is 1. The van der Waals surface area contributed by atoms with Crippen LogP contribution < -0.4 is 0 Å². The first kappa shape index (κ1) is 18.9. The molecule has 2 aliphatic heterocycles. The van der Waals surface area contributed by atoms with Gasteiger partial charge in [0.15, 0.2) is 0 Å². The van der Waals surface area contributed by atoms with Crippen LogP contribution in [0.25, 0.3) is 10.9 Å². The minimum Gasteiger partial charge on any atom is -0.358 e. The van der Waals surface area contributed by atoms with E-state index in [1.807, 2.05) is 41.3 Å². The Hall–Kier alpha value is -3.08. The van der Waals surface area contributed by atoms with Crippen molar-refractivity contribution in [2.24, 2.45) is 0 Å². The Bertz CT molecular complexity index is 1110. The molecule has 0 saturated carbocycles. The van der Waals surface area contributed by atoms with Gasteiger partial charge in [-0.3, -0.25) is 9.59 Å². The van der Waals surface area contributed by atoms with Gasteiger partial charge in [0.25, 0.3) is 5.91 Å². The molecule has 0 radical (unpaired) electrons. The van der Waals surface area contributed by atoms with Crippen LogP contribution in [0.3, 0.4) is 0 Å². The monoisotopic (exact) mass is 401 g/mol. The van der Waals surface area contributed by atoms with Crippen molar-refractivity contribution in [2.75, 3.05) is 19.6 Å². The molecule has 154 valence electrons. The second kappa shape index (κ2) is 7.63. The normalized spacial score (nSPS) is 19.2. The number of para-hydroxylation sites is 1. The number of aromatic nitrogens is 1. The maximum atomic E-state index is 13.4. The molecule has 1 saturated heterocycles. The highest BCUT2D eigenvalue weighted by atomic mass is 16.2. The standard InChI is InChI=1S/C25H27N3O2/c1-17-23(20-12-6-7-13-21(20)26-17)24-18-10-4-5-11-19(18)25(30)28(24)16-22(29)27-14-8-2-3-9-15-27/h4-7,10-13,24,26H,2-3,8-9,14-16H2,1H3/t24-/m1/s1. The number of nitrogens with one attached hydrogen (secondary N) is 1. The average molecular weight is 402 g/mol. The van der Waals surface area contributed by atoms with Gasteiger partial charge in [0.1, 0.15) is 6.54 Å². The number of amides is 2.